The molecule has 1 amide bonds. The van der Waals surface area contributed by atoms with E-state index in [1.165, 1.54) is 0 Å². The van der Waals surface area contributed by atoms with Crippen LogP contribution in [-0.2, 0) is 22.5 Å². The van der Waals surface area contributed by atoms with Gasteiger partial charge in [-0.05, 0) is 42.5 Å². The Morgan fingerprint density at radius 1 is 1.22 bits per heavy atom. The highest BCUT2D eigenvalue weighted by Crippen LogP contribution is 2.23. The second-order valence-corrected chi connectivity index (χ2v) is 7.92. The fourth-order valence-corrected chi connectivity index (χ4v) is 3.88. The molecule has 3 atom stereocenters. The Bertz CT molecular complexity index is 1040. The minimum Gasteiger partial charge on any atom is -0.481 e. The van der Waals surface area contributed by atoms with Crippen LogP contribution in [0.5, 0.6) is 5.88 Å². The summed E-state index contributed by atoms with van der Waals surface area (Å²) < 4.78 is 16.7. The number of hydrogen-bond acceptors (Lipinski definition) is 7. The maximum atomic E-state index is 12.6. The summed E-state index contributed by atoms with van der Waals surface area (Å²) in [6.07, 6.45) is 3.19. The lowest BCUT2D eigenvalue weighted by Crippen LogP contribution is -2.50. The van der Waals surface area contributed by atoms with Gasteiger partial charge in [-0.1, -0.05) is 30.3 Å². The number of rotatable bonds is 7. The molecule has 1 fully saturated rings. The lowest BCUT2D eigenvalue weighted by molar-refractivity contribution is -0.0168. The number of carbonyl (C=O) groups is 1. The molecule has 1 aliphatic heterocycles. The van der Waals surface area contributed by atoms with Crippen LogP contribution in [0, 0.1) is 0 Å². The van der Waals surface area contributed by atoms with E-state index in [0.29, 0.717) is 18.9 Å². The second kappa shape index (κ2) is 10.4. The molecule has 8 heteroatoms. The highest BCUT2D eigenvalue weighted by Gasteiger charge is 2.29. The van der Waals surface area contributed by atoms with Crippen LogP contribution in [0.1, 0.15) is 24.0 Å². The highest BCUT2D eigenvalue weighted by molar-refractivity contribution is 5.78. The van der Waals surface area contributed by atoms with Gasteiger partial charge in [0, 0.05) is 18.3 Å². The highest BCUT2D eigenvalue weighted by atomic mass is 16.5. The Morgan fingerprint density at radius 2 is 2.06 bits per heavy atom. The van der Waals surface area contributed by atoms with Crippen molar-refractivity contribution in [1.29, 1.82) is 0 Å². The van der Waals surface area contributed by atoms with Crippen LogP contribution >= 0.6 is 0 Å². The summed E-state index contributed by atoms with van der Waals surface area (Å²) in [5, 5.41) is 3.01. The Balaban J connectivity index is 1.52. The Morgan fingerprint density at radius 3 is 2.81 bits per heavy atom. The number of nitrogens with two attached hydrogens (primary N) is 1. The number of alkyl carbamates (subject to hydrolysis) is 1. The van der Waals surface area contributed by atoms with E-state index >= 15 is 0 Å². The first-order valence-electron chi connectivity index (χ1n) is 10.8. The van der Waals surface area contributed by atoms with Crippen molar-refractivity contribution in [3.63, 3.8) is 0 Å². The molecular weight excluding hydrogens is 408 g/mol. The molecule has 3 heterocycles. The molecule has 0 saturated carbocycles. The van der Waals surface area contributed by atoms with Crippen LogP contribution in [0.2, 0.25) is 0 Å². The third-order valence-corrected chi connectivity index (χ3v) is 5.60. The van der Waals surface area contributed by atoms with E-state index < -0.39 is 6.09 Å². The third-order valence-electron chi connectivity index (χ3n) is 5.60. The zero-order chi connectivity index (χ0) is 22.3. The minimum atomic E-state index is -0.485. The molecule has 2 aromatic heterocycles. The number of nitrogens with zero attached hydrogens (tertiary/aromatic N) is 2. The van der Waals surface area contributed by atoms with Crippen molar-refractivity contribution in [3.8, 4) is 5.88 Å². The van der Waals surface area contributed by atoms with Crippen molar-refractivity contribution < 1.29 is 19.0 Å². The summed E-state index contributed by atoms with van der Waals surface area (Å²) in [5.41, 5.74) is 9.38. The van der Waals surface area contributed by atoms with Crippen molar-refractivity contribution >= 4 is 17.1 Å². The molecule has 0 radical (unpaired) electrons. The van der Waals surface area contributed by atoms with Gasteiger partial charge in [0.2, 0.25) is 5.88 Å². The van der Waals surface area contributed by atoms with Gasteiger partial charge in [-0.2, -0.15) is 0 Å². The summed E-state index contributed by atoms with van der Waals surface area (Å²) in [5.74, 6) is 0.512. The van der Waals surface area contributed by atoms with Crippen LogP contribution in [0.4, 0.5) is 4.79 Å². The molecular formula is C24H28N4O4. The normalized spacial score (nSPS) is 19.3. The zero-order valence-electron chi connectivity index (χ0n) is 18.1. The summed E-state index contributed by atoms with van der Waals surface area (Å²) in [7, 11) is 1.58. The summed E-state index contributed by atoms with van der Waals surface area (Å²) in [6.45, 7) is 0.664. The fraction of sp³-hybridized carbons (Fsp3) is 0.375. The van der Waals surface area contributed by atoms with E-state index in [4.69, 9.17) is 19.9 Å². The quantitative estimate of drug-likeness (QED) is 0.586. The van der Waals surface area contributed by atoms with Crippen molar-refractivity contribution in [2.45, 2.75) is 44.1 Å². The van der Waals surface area contributed by atoms with Gasteiger partial charge in [-0.3, -0.25) is 4.98 Å². The van der Waals surface area contributed by atoms with Gasteiger partial charge in [-0.25, -0.2) is 9.78 Å². The van der Waals surface area contributed by atoms with E-state index in [-0.39, 0.29) is 24.8 Å². The molecule has 1 aliphatic rings. The molecule has 1 saturated heterocycles. The van der Waals surface area contributed by atoms with Gasteiger partial charge < -0.3 is 25.3 Å². The average Bonchev–Trinajstić information content (AvgIpc) is 2.83. The smallest absolute Gasteiger partial charge is 0.407 e. The molecule has 3 aromatic rings. The lowest BCUT2D eigenvalue weighted by atomic mass is 9.94. The predicted molar refractivity (Wildman–Crippen MR) is 120 cm³/mol. The van der Waals surface area contributed by atoms with Gasteiger partial charge in [0.1, 0.15) is 6.61 Å². The molecule has 3 N–H and O–H groups in total. The maximum absolute atomic E-state index is 12.6. The van der Waals surface area contributed by atoms with Gasteiger partial charge in [0.25, 0.3) is 0 Å². The van der Waals surface area contributed by atoms with E-state index in [0.717, 1.165) is 35.0 Å². The fourth-order valence-electron chi connectivity index (χ4n) is 3.88. The zero-order valence-corrected chi connectivity index (χ0v) is 18.1. The van der Waals surface area contributed by atoms with Crippen LogP contribution < -0.4 is 15.8 Å². The van der Waals surface area contributed by atoms with Crippen LogP contribution in [0.3, 0.4) is 0 Å². The number of pyridine rings is 2. The number of carbonyl (C=O) groups excluding carboxylic acids is 1. The predicted octanol–water partition coefficient (Wildman–Crippen LogP) is 2.98. The number of benzene rings is 1. The number of fused-ring (bicyclic) bond motifs is 1. The summed E-state index contributed by atoms with van der Waals surface area (Å²) >= 11 is 0. The molecule has 168 valence electrons. The molecule has 0 spiro atoms. The molecule has 8 nitrogen and oxygen atoms in total. The van der Waals surface area contributed by atoms with Crippen LogP contribution in [0.25, 0.3) is 11.0 Å². The second-order valence-electron chi connectivity index (χ2n) is 7.92. The summed E-state index contributed by atoms with van der Waals surface area (Å²) in [4.78, 5) is 21.6. The first-order chi connectivity index (χ1) is 15.6. The van der Waals surface area contributed by atoms with Gasteiger partial charge in [-0.15, -0.1) is 0 Å². The van der Waals surface area contributed by atoms with E-state index in [9.17, 15) is 4.79 Å². The number of nitrogens with one attached hydrogen (secondary N) is 1. The Labute approximate surface area is 187 Å². The topological polar surface area (TPSA) is 109 Å². The number of ether oxygens (including phenoxy) is 3. The van der Waals surface area contributed by atoms with E-state index in [1.807, 2.05) is 42.5 Å². The molecule has 1 aromatic carbocycles. The van der Waals surface area contributed by atoms with E-state index in [1.54, 1.807) is 19.4 Å². The molecule has 4 rings (SSSR count). The van der Waals surface area contributed by atoms with Crippen LogP contribution in [0.15, 0.2) is 54.7 Å². The van der Waals surface area contributed by atoms with Gasteiger partial charge in [0.05, 0.1) is 36.9 Å². The molecule has 1 unspecified atom stereocenters. The minimum absolute atomic E-state index is 0.0182. The number of aromatic nitrogens is 2. The van der Waals surface area contributed by atoms with Gasteiger partial charge >= 0.3 is 6.09 Å². The van der Waals surface area contributed by atoms with E-state index in [2.05, 4.69) is 15.3 Å². The number of amides is 1. The average molecular weight is 437 g/mol. The molecule has 32 heavy (non-hydrogen) atoms. The van der Waals surface area contributed by atoms with Crippen molar-refractivity contribution in [1.82, 2.24) is 15.3 Å². The molecule has 0 bridgehead atoms. The van der Waals surface area contributed by atoms with Crippen LogP contribution in [-0.4, -0.2) is 48.0 Å². The number of hydrogen-bond donors (Lipinski definition) is 2. The maximum Gasteiger partial charge on any atom is 0.407 e. The Kier molecular flexibility index (Phi) is 7.14. The first kappa shape index (κ1) is 22.0. The standard InChI is InChI=1S/C24H28N4O4/c1-30-22-10-8-19-23(28-22)17(11-12-26-19)13-20(21-9-7-18(25)15-31-21)27-24(29)32-14-16-5-3-2-4-6-16/h2-6,8,10-12,18,20-21H,7,9,13-15,25H2,1H3,(H,27,29)/t18-,20?,21+/m1/s1. The monoisotopic (exact) mass is 436 g/mol. The van der Waals surface area contributed by atoms with Crippen molar-refractivity contribution in [2.75, 3.05) is 13.7 Å². The van der Waals surface area contributed by atoms with Crippen molar-refractivity contribution in [2.24, 2.45) is 5.73 Å². The lowest BCUT2D eigenvalue weighted by Gasteiger charge is -2.33. The SMILES string of the molecule is COc1ccc2nccc(CC(NC(=O)OCc3ccccc3)[C@@H]3CC[C@@H](N)CO3)c2n1. The van der Waals surface area contributed by atoms with Crippen molar-refractivity contribution in [3.05, 3.63) is 65.9 Å². The largest absolute Gasteiger partial charge is 0.481 e. The van der Waals surface area contributed by atoms with Gasteiger partial charge in [0.15, 0.2) is 0 Å². The Hall–Kier alpha value is -3.23. The molecule has 0 aliphatic carbocycles. The summed E-state index contributed by atoms with van der Waals surface area (Å²) in [6, 6.07) is 14.9. The first-order valence-corrected chi connectivity index (χ1v) is 10.8. The third kappa shape index (κ3) is 5.52. The number of methoxy groups -OCH3 is 1.